The first kappa shape index (κ1) is 13.1. The Labute approximate surface area is 127 Å². The van der Waals surface area contributed by atoms with Crippen molar-refractivity contribution in [1.29, 1.82) is 0 Å². The van der Waals surface area contributed by atoms with E-state index >= 15 is 0 Å². The van der Waals surface area contributed by atoms with Gasteiger partial charge in [-0.2, -0.15) is 10.2 Å². The third kappa shape index (κ3) is 2.41. The molecule has 0 aliphatic carbocycles. The summed E-state index contributed by atoms with van der Waals surface area (Å²) < 4.78 is 6.05. The van der Waals surface area contributed by atoms with Crippen LogP contribution < -0.4 is 5.32 Å². The topological polar surface area (TPSA) is 46.0 Å². The van der Waals surface area contributed by atoms with Crippen molar-refractivity contribution >= 4 is 17.0 Å². The Morgan fingerprint density at radius 2 is 2.14 bits per heavy atom. The number of aryl methyl sites for hydroxylation is 1. The van der Waals surface area contributed by atoms with E-state index in [2.05, 4.69) is 52.1 Å². The first-order valence-corrected chi connectivity index (χ1v) is 8.15. The standard InChI is InChI=1S/C16H17N3OS/c1-10-2-4-11(5-3-10)13-9-21-15-14(13)18-19-16(15)20-12-6-7-17-8-12/h2-5,9,12,16-17H,6-8H2,1H3. The van der Waals surface area contributed by atoms with Crippen molar-refractivity contribution in [2.75, 3.05) is 13.1 Å². The molecular formula is C16H17N3OS. The summed E-state index contributed by atoms with van der Waals surface area (Å²) in [7, 11) is 0. The fourth-order valence-electron chi connectivity index (χ4n) is 2.76. The summed E-state index contributed by atoms with van der Waals surface area (Å²) in [5.41, 5.74) is 4.61. The zero-order valence-corrected chi connectivity index (χ0v) is 12.7. The van der Waals surface area contributed by atoms with Gasteiger partial charge in [0.2, 0.25) is 6.23 Å². The molecule has 2 aliphatic heterocycles. The van der Waals surface area contributed by atoms with Gasteiger partial charge in [0.05, 0.1) is 11.0 Å². The number of rotatable bonds is 3. The largest absolute Gasteiger partial charge is 0.345 e. The predicted octanol–water partition coefficient (Wildman–Crippen LogP) is 4.20. The number of azo groups is 1. The maximum atomic E-state index is 6.05. The molecule has 1 saturated heterocycles. The van der Waals surface area contributed by atoms with E-state index in [4.69, 9.17) is 4.74 Å². The molecule has 4 rings (SSSR count). The maximum Gasteiger partial charge on any atom is 0.206 e. The van der Waals surface area contributed by atoms with Crippen LogP contribution in [0.4, 0.5) is 5.69 Å². The molecule has 5 heteroatoms. The molecule has 21 heavy (non-hydrogen) atoms. The predicted molar refractivity (Wildman–Crippen MR) is 84.1 cm³/mol. The minimum absolute atomic E-state index is 0.214. The highest BCUT2D eigenvalue weighted by Crippen LogP contribution is 2.48. The highest BCUT2D eigenvalue weighted by atomic mass is 32.1. The Bertz CT molecular complexity index is 671. The van der Waals surface area contributed by atoms with E-state index in [-0.39, 0.29) is 12.3 Å². The molecule has 2 atom stereocenters. The lowest BCUT2D eigenvalue weighted by molar-refractivity contribution is 0.00442. The Balaban J connectivity index is 1.60. The average Bonchev–Trinajstić information content (AvgIpc) is 3.20. The Hall–Kier alpha value is -1.56. The third-order valence-electron chi connectivity index (χ3n) is 3.98. The lowest BCUT2D eigenvalue weighted by Crippen LogP contribution is -2.18. The molecule has 2 aliphatic rings. The summed E-state index contributed by atoms with van der Waals surface area (Å²) in [5.74, 6) is 0. The normalized spacial score (nSPS) is 23.7. The van der Waals surface area contributed by atoms with Crippen LogP contribution in [0.1, 0.15) is 23.1 Å². The van der Waals surface area contributed by atoms with Gasteiger partial charge in [-0.1, -0.05) is 29.8 Å². The van der Waals surface area contributed by atoms with Crippen molar-refractivity contribution < 1.29 is 4.74 Å². The van der Waals surface area contributed by atoms with Crippen LogP contribution in [-0.2, 0) is 4.74 Å². The SMILES string of the molecule is Cc1ccc(-c2csc3c2N=NC3OC2CCNC2)cc1. The van der Waals surface area contributed by atoms with Gasteiger partial charge in [0.15, 0.2) is 0 Å². The lowest BCUT2D eigenvalue weighted by atomic mass is 10.1. The van der Waals surface area contributed by atoms with Gasteiger partial charge in [-0.25, -0.2) is 0 Å². The smallest absolute Gasteiger partial charge is 0.206 e. The number of thiophene rings is 1. The first-order chi connectivity index (χ1) is 10.3. The molecule has 3 heterocycles. The number of fused-ring (bicyclic) bond motifs is 1. The van der Waals surface area contributed by atoms with Crippen molar-refractivity contribution in [3.63, 3.8) is 0 Å². The van der Waals surface area contributed by atoms with Crippen LogP contribution >= 0.6 is 11.3 Å². The van der Waals surface area contributed by atoms with E-state index in [0.29, 0.717) is 0 Å². The van der Waals surface area contributed by atoms with Crippen molar-refractivity contribution in [2.45, 2.75) is 25.7 Å². The van der Waals surface area contributed by atoms with Gasteiger partial charge >= 0.3 is 0 Å². The second-order valence-corrected chi connectivity index (χ2v) is 6.46. The van der Waals surface area contributed by atoms with Crippen molar-refractivity contribution in [3.8, 4) is 11.1 Å². The first-order valence-electron chi connectivity index (χ1n) is 7.27. The van der Waals surface area contributed by atoms with Crippen molar-refractivity contribution in [2.24, 2.45) is 10.2 Å². The fourth-order valence-corrected chi connectivity index (χ4v) is 3.74. The molecule has 2 aromatic rings. The van der Waals surface area contributed by atoms with Crippen molar-refractivity contribution in [1.82, 2.24) is 5.32 Å². The zero-order valence-electron chi connectivity index (χ0n) is 11.9. The van der Waals surface area contributed by atoms with E-state index in [1.165, 1.54) is 11.1 Å². The molecule has 0 radical (unpaired) electrons. The van der Waals surface area contributed by atoms with Gasteiger partial charge in [-0.05, 0) is 25.5 Å². The van der Waals surface area contributed by atoms with E-state index < -0.39 is 0 Å². The van der Waals surface area contributed by atoms with E-state index in [0.717, 1.165) is 35.6 Å². The molecule has 0 spiro atoms. The quantitative estimate of drug-likeness (QED) is 0.923. The monoisotopic (exact) mass is 299 g/mol. The molecule has 0 saturated carbocycles. The maximum absolute atomic E-state index is 6.05. The molecule has 4 nitrogen and oxygen atoms in total. The summed E-state index contributed by atoms with van der Waals surface area (Å²) in [4.78, 5) is 1.14. The molecule has 0 bridgehead atoms. The van der Waals surface area contributed by atoms with E-state index in [1.54, 1.807) is 11.3 Å². The Kier molecular flexibility index (Phi) is 3.33. The molecule has 2 unspecified atom stereocenters. The van der Waals surface area contributed by atoms with Gasteiger partial charge in [0.25, 0.3) is 0 Å². The highest BCUT2D eigenvalue weighted by Gasteiger charge is 2.29. The Morgan fingerprint density at radius 1 is 1.29 bits per heavy atom. The second-order valence-electron chi connectivity index (χ2n) is 5.55. The van der Waals surface area contributed by atoms with Crippen LogP contribution in [0.2, 0.25) is 0 Å². The molecular weight excluding hydrogens is 282 g/mol. The highest BCUT2D eigenvalue weighted by molar-refractivity contribution is 7.11. The Morgan fingerprint density at radius 3 is 2.90 bits per heavy atom. The molecule has 1 aromatic carbocycles. The van der Waals surface area contributed by atoms with E-state index in [1.807, 2.05) is 0 Å². The summed E-state index contributed by atoms with van der Waals surface area (Å²) in [6, 6.07) is 8.54. The van der Waals surface area contributed by atoms with Gasteiger partial charge in [0.1, 0.15) is 5.69 Å². The van der Waals surface area contributed by atoms with Gasteiger partial charge in [-0.15, -0.1) is 11.3 Å². The van der Waals surface area contributed by atoms with Gasteiger partial charge < -0.3 is 10.1 Å². The van der Waals surface area contributed by atoms with Crippen LogP contribution in [0, 0.1) is 6.92 Å². The van der Waals surface area contributed by atoms with Crippen LogP contribution in [0.5, 0.6) is 0 Å². The molecule has 1 N–H and O–H groups in total. The lowest BCUT2D eigenvalue weighted by Gasteiger charge is -2.13. The average molecular weight is 299 g/mol. The number of benzene rings is 1. The summed E-state index contributed by atoms with van der Waals surface area (Å²) >= 11 is 1.70. The molecule has 1 fully saturated rings. The third-order valence-corrected chi connectivity index (χ3v) is 4.98. The number of hydrogen-bond acceptors (Lipinski definition) is 5. The second kappa shape index (κ2) is 5.33. The summed E-state index contributed by atoms with van der Waals surface area (Å²) in [5, 5.41) is 14.2. The van der Waals surface area contributed by atoms with Crippen LogP contribution in [-0.4, -0.2) is 19.2 Å². The number of nitrogens with one attached hydrogen (secondary N) is 1. The van der Waals surface area contributed by atoms with Crippen LogP contribution in [0.15, 0.2) is 39.9 Å². The van der Waals surface area contributed by atoms with Gasteiger partial charge in [0, 0.05) is 17.5 Å². The minimum atomic E-state index is -0.214. The number of ether oxygens (including phenoxy) is 1. The van der Waals surface area contributed by atoms with Crippen LogP contribution in [0.25, 0.3) is 11.1 Å². The molecule has 108 valence electrons. The summed E-state index contributed by atoms with van der Waals surface area (Å²) in [6.45, 7) is 4.04. The zero-order chi connectivity index (χ0) is 14.2. The van der Waals surface area contributed by atoms with E-state index in [9.17, 15) is 0 Å². The molecule has 0 amide bonds. The van der Waals surface area contributed by atoms with Gasteiger partial charge in [-0.3, -0.25) is 0 Å². The summed E-state index contributed by atoms with van der Waals surface area (Å²) in [6.07, 6.45) is 1.09. The number of nitrogens with zero attached hydrogens (tertiary/aromatic N) is 2. The molecule has 1 aromatic heterocycles. The van der Waals surface area contributed by atoms with Crippen LogP contribution in [0.3, 0.4) is 0 Å². The van der Waals surface area contributed by atoms with Crippen molar-refractivity contribution in [3.05, 3.63) is 40.1 Å². The number of hydrogen-bond donors (Lipinski definition) is 1. The fraction of sp³-hybridized carbons (Fsp3) is 0.375. The minimum Gasteiger partial charge on any atom is -0.345 e.